The fourth-order valence-electron chi connectivity index (χ4n) is 8.67. The number of aromatic hydroxyl groups is 2. The molecule has 3 aromatic rings. The molecule has 9 N–H and O–H groups in total. The average Bonchev–Trinajstić information content (AvgIpc) is 3.37. The van der Waals surface area contributed by atoms with Crippen molar-refractivity contribution in [3.8, 4) is 17.2 Å². The zero-order valence-electron chi connectivity index (χ0n) is 41.3. The Morgan fingerprint density at radius 3 is 2.05 bits per heavy atom. The van der Waals surface area contributed by atoms with Crippen LogP contribution in [-0.4, -0.2) is 184 Å². The number of fused-ring (bicyclic) bond motifs is 3. The van der Waals surface area contributed by atoms with E-state index in [0.717, 1.165) is 12.7 Å². The number of hydrogen-bond acceptors (Lipinski definition) is 20. The molecule has 1 heterocycles. The second-order valence-electron chi connectivity index (χ2n) is 17.6. The quantitative estimate of drug-likeness (QED) is 0.0133. The molecule has 22 nitrogen and oxygen atoms in total. The van der Waals surface area contributed by atoms with E-state index in [-0.39, 0.29) is 72.3 Å². The number of nitrogens with one attached hydrogen (secondary N) is 2. The van der Waals surface area contributed by atoms with E-state index in [0.29, 0.717) is 71.6 Å². The summed E-state index contributed by atoms with van der Waals surface area (Å²) < 4.78 is 52.5. The van der Waals surface area contributed by atoms with Crippen molar-refractivity contribution in [2.75, 3.05) is 99.5 Å². The molecule has 3 aromatic carbocycles. The lowest BCUT2D eigenvalue weighted by Crippen LogP contribution is -2.53. The third-order valence-corrected chi connectivity index (χ3v) is 14.5. The molecule has 2 aliphatic carbocycles. The average molecular weight is 1260 g/mol. The van der Waals surface area contributed by atoms with Gasteiger partial charge in [-0.25, -0.2) is 5.43 Å². The molecular weight excluding hydrogens is 1200 g/mol. The highest BCUT2D eigenvalue weighted by Crippen LogP contribution is 2.52. The van der Waals surface area contributed by atoms with Crippen LogP contribution in [0.5, 0.6) is 17.2 Å². The summed E-state index contributed by atoms with van der Waals surface area (Å²) in [7, 11) is 1.32. The molecule has 406 valence electrons. The number of aliphatic hydroxyl groups is 3. The van der Waals surface area contributed by atoms with Gasteiger partial charge < -0.3 is 79.2 Å². The summed E-state index contributed by atoms with van der Waals surface area (Å²) in [4.78, 5) is 53.3. The SMILES string of the molecule is COc1cccc2c1C(=O)c1c(O)c3c(c(O)c1C2=O)C[C@](O)(/C(CO)=N/NC(=O)CCOCCOCCOCCOCCOCCOCCNC(=O)c1cc(I)cc(C)c1I)C[C@@H]3O[C@H]1C[C@@H](N)[C@H](O)C(C)O1. The van der Waals surface area contributed by atoms with Crippen LogP contribution in [0.15, 0.2) is 35.4 Å². The zero-order valence-corrected chi connectivity index (χ0v) is 45.6. The van der Waals surface area contributed by atoms with Crippen LogP contribution < -0.4 is 21.2 Å². The second kappa shape index (κ2) is 28.4. The first-order chi connectivity index (χ1) is 35.5. The van der Waals surface area contributed by atoms with Crippen molar-refractivity contribution in [3.63, 3.8) is 0 Å². The molecule has 1 aliphatic heterocycles. The lowest BCUT2D eigenvalue weighted by Gasteiger charge is -2.43. The lowest BCUT2D eigenvalue weighted by atomic mass is 9.71. The molecule has 0 bridgehead atoms. The number of nitrogens with two attached hydrogens (primary N) is 1. The van der Waals surface area contributed by atoms with Gasteiger partial charge in [-0.3, -0.25) is 19.2 Å². The molecule has 0 radical (unpaired) electrons. The van der Waals surface area contributed by atoms with E-state index in [2.05, 4.69) is 61.0 Å². The molecule has 3 aliphatic rings. The Hall–Kier alpha value is -4.01. The lowest BCUT2D eigenvalue weighted by molar-refractivity contribution is -0.245. The van der Waals surface area contributed by atoms with Crippen LogP contribution >= 0.6 is 45.2 Å². The number of phenols is 2. The number of benzene rings is 3. The number of amides is 2. The van der Waals surface area contributed by atoms with Crippen LogP contribution in [0.4, 0.5) is 0 Å². The molecule has 2 amide bonds. The van der Waals surface area contributed by atoms with Gasteiger partial charge in [-0.05, 0) is 82.8 Å². The van der Waals surface area contributed by atoms with Gasteiger partial charge in [0, 0.05) is 55.7 Å². The number of carbonyl (C=O) groups is 4. The van der Waals surface area contributed by atoms with Crippen molar-refractivity contribution in [1.82, 2.24) is 10.7 Å². The molecule has 1 unspecified atom stereocenters. The predicted octanol–water partition coefficient (Wildman–Crippen LogP) is 2.34. The van der Waals surface area contributed by atoms with Gasteiger partial charge in [-0.1, -0.05) is 12.1 Å². The van der Waals surface area contributed by atoms with E-state index in [1.165, 1.54) is 25.3 Å². The highest BCUT2D eigenvalue weighted by atomic mass is 127. The van der Waals surface area contributed by atoms with Gasteiger partial charge in [0.1, 0.15) is 22.8 Å². The highest BCUT2D eigenvalue weighted by Gasteiger charge is 2.49. The highest BCUT2D eigenvalue weighted by molar-refractivity contribution is 14.1. The number of hydrogen-bond donors (Lipinski definition) is 8. The van der Waals surface area contributed by atoms with Gasteiger partial charge in [0.2, 0.25) is 11.7 Å². The van der Waals surface area contributed by atoms with Crippen LogP contribution in [0.25, 0.3) is 0 Å². The van der Waals surface area contributed by atoms with Crippen molar-refractivity contribution in [3.05, 3.63) is 82.0 Å². The number of ether oxygens (including phenoxy) is 9. The maximum absolute atomic E-state index is 14.0. The van der Waals surface area contributed by atoms with E-state index < -0.39 is 95.8 Å². The molecule has 6 atom stereocenters. The van der Waals surface area contributed by atoms with Crippen LogP contribution in [0.1, 0.15) is 91.2 Å². The molecule has 24 heteroatoms. The summed E-state index contributed by atoms with van der Waals surface area (Å²) in [6, 6.07) is 7.48. The first kappa shape index (κ1) is 59.2. The number of carbonyl (C=O) groups excluding carboxylic acids is 4. The van der Waals surface area contributed by atoms with Gasteiger partial charge >= 0.3 is 0 Å². The van der Waals surface area contributed by atoms with Crippen molar-refractivity contribution in [2.45, 2.75) is 75.8 Å². The molecule has 0 saturated carbocycles. The van der Waals surface area contributed by atoms with Crippen LogP contribution in [-0.2, 0) is 49.1 Å². The van der Waals surface area contributed by atoms with Crippen molar-refractivity contribution >= 4 is 74.3 Å². The number of aryl methyl sites for hydroxylation is 1. The smallest absolute Gasteiger partial charge is 0.252 e. The Labute approximate surface area is 455 Å². The third kappa shape index (κ3) is 14.9. The van der Waals surface area contributed by atoms with E-state index in [9.17, 15) is 44.7 Å². The summed E-state index contributed by atoms with van der Waals surface area (Å²) >= 11 is 4.38. The van der Waals surface area contributed by atoms with Crippen LogP contribution in [0.3, 0.4) is 0 Å². The maximum Gasteiger partial charge on any atom is 0.252 e. The second-order valence-corrected chi connectivity index (χ2v) is 19.9. The molecule has 6 rings (SSSR count). The predicted molar refractivity (Wildman–Crippen MR) is 281 cm³/mol. The number of methoxy groups -OCH3 is 1. The number of hydrazone groups is 1. The van der Waals surface area contributed by atoms with E-state index in [4.69, 9.17) is 48.4 Å². The Bertz CT molecular complexity index is 2490. The monoisotopic (exact) mass is 1260 g/mol. The molecule has 1 saturated heterocycles. The minimum Gasteiger partial charge on any atom is -0.507 e. The normalized spacial score (nSPS) is 21.5. The van der Waals surface area contributed by atoms with E-state index in [1.807, 2.05) is 19.1 Å². The molecule has 1 fully saturated rings. The van der Waals surface area contributed by atoms with Crippen LogP contribution in [0.2, 0.25) is 0 Å². The Kier molecular flexibility index (Phi) is 22.7. The summed E-state index contributed by atoms with van der Waals surface area (Å²) in [6.07, 6.45) is -5.49. The number of ketones is 2. The summed E-state index contributed by atoms with van der Waals surface area (Å²) in [6.45, 7) is 6.79. The number of halogens is 2. The third-order valence-electron chi connectivity index (χ3n) is 12.5. The zero-order chi connectivity index (χ0) is 53.5. The first-order valence-corrected chi connectivity index (χ1v) is 26.2. The van der Waals surface area contributed by atoms with Crippen LogP contribution in [0, 0.1) is 14.1 Å². The first-order valence-electron chi connectivity index (χ1n) is 24.0. The van der Waals surface area contributed by atoms with Crippen molar-refractivity contribution in [2.24, 2.45) is 10.8 Å². The number of rotatable bonds is 28. The molecule has 0 aromatic heterocycles. The number of aliphatic hydroxyl groups excluding tert-OH is 2. The summed E-state index contributed by atoms with van der Waals surface area (Å²) in [5.74, 6) is -3.66. The largest absolute Gasteiger partial charge is 0.507 e. The molecular formula is C50H64I2N4O18. The Morgan fingerprint density at radius 1 is 0.865 bits per heavy atom. The Morgan fingerprint density at radius 2 is 1.46 bits per heavy atom. The van der Waals surface area contributed by atoms with Crippen molar-refractivity contribution in [1.29, 1.82) is 0 Å². The van der Waals surface area contributed by atoms with Gasteiger partial charge in [0.25, 0.3) is 5.91 Å². The van der Waals surface area contributed by atoms with E-state index in [1.54, 1.807) is 6.92 Å². The van der Waals surface area contributed by atoms with Gasteiger partial charge in [0.15, 0.2) is 12.1 Å². The number of phenolic OH excluding ortho intramolecular Hbond substituents is 2. The standard InChI is InChI=1S/C50H64I2N4O18/c1-27-21-29(51)22-31(43(27)52)49(64)54-8-10-68-12-14-70-16-18-72-20-19-71-17-15-69-13-11-67-9-7-37(58)56-55-36(26-57)50(65)24-32-40(35(25-50)74-38-23-33(53)44(59)28(2)73-38)48(63)42-41(46(32)61)45(60)30-5-4-6-34(66-3)39(30)47(42)62/h4-6,21-22,28,33,35,38,44,57,59,61,63,65H,7-20,23-26,53H2,1-3H3,(H,54,64)(H,56,58)/b55-36+/t28?,33-,35+,38+,44-,50-/m1/s1. The summed E-state index contributed by atoms with van der Waals surface area (Å²) in [5.41, 5.74) is 6.18. The van der Waals surface area contributed by atoms with E-state index >= 15 is 0 Å². The van der Waals surface area contributed by atoms with Gasteiger partial charge in [0.05, 0.1) is 146 Å². The Balaban J connectivity index is 0.884. The van der Waals surface area contributed by atoms with Gasteiger partial charge in [-0.2, -0.15) is 5.10 Å². The maximum atomic E-state index is 14.0. The minimum absolute atomic E-state index is 0.0122. The molecule has 74 heavy (non-hydrogen) atoms. The van der Waals surface area contributed by atoms with Crippen molar-refractivity contribution < 1.29 is 87.3 Å². The topological polar surface area (TPSA) is 315 Å². The number of nitrogens with zero attached hydrogens (tertiary/aromatic N) is 1. The fraction of sp³-hybridized carbons (Fsp3) is 0.540. The molecule has 0 spiro atoms. The summed E-state index contributed by atoms with van der Waals surface area (Å²) in [5, 5.41) is 63.8. The van der Waals surface area contributed by atoms with Gasteiger partial charge in [-0.15, -0.1) is 0 Å². The fourth-order valence-corrected chi connectivity index (χ4v) is 10.0. The minimum atomic E-state index is -2.18.